The van der Waals surface area contributed by atoms with Gasteiger partial charge in [-0.25, -0.2) is 8.78 Å². The first-order valence-corrected chi connectivity index (χ1v) is 6.01. The number of halogens is 2. The van der Waals surface area contributed by atoms with Crippen molar-refractivity contribution in [1.82, 2.24) is 4.90 Å². The molecule has 0 aliphatic carbocycles. The zero-order valence-corrected chi connectivity index (χ0v) is 10.00. The molecule has 2 N–H and O–H groups in total. The van der Waals surface area contributed by atoms with Crippen molar-refractivity contribution in [2.24, 2.45) is 11.7 Å². The summed E-state index contributed by atoms with van der Waals surface area (Å²) in [6, 6.07) is 3.77. The molecule has 0 bridgehead atoms. The predicted molar refractivity (Wildman–Crippen MR) is 63.5 cm³/mol. The summed E-state index contributed by atoms with van der Waals surface area (Å²) in [5.74, 6) is -0.491. The van der Waals surface area contributed by atoms with E-state index >= 15 is 0 Å². The molecule has 1 saturated heterocycles. The Labute approximate surface area is 100 Å². The van der Waals surface area contributed by atoms with Crippen molar-refractivity contribution in [2.75, 3.05) is 19.6 Å². The Morgan fingerprint density at radius 2 is 2.24 bits per heavy atom. The molecule has 0 saturated carbocycles. The number of hydrogen-bond donors (Lipinski definition) is 1. The maximum absolute atomic E-state index is 13.6. The van der Waals surface area contributed by atoms with Crippen LogP contribution in [0.2, 0.25) is 0 Å². The normalized spacial score (nSPS) is 22.9. The minimum atomic E-state index is -0.528. The zero-order chi connectivity index (χ0) is 12.4. The van der Waals surface area contributed by atoms with E-state index in [9.17, 15) is 8.78 Å². The second kappa shape index (κ2) is 5.10. The number of benzene rings is 1. The molecule has 94 valence electrons. The van der Waals surface area contributed by atoms with Gasteiger partial charge in [0.1, 0.15) is 11.6 Å². The molecule has 2 unspecified atom stereocenters. The van der Waals surface area contributed by atoms with E-state index < -0.39 is 11.6 Å². The molecule has 4 heteroatoms. The monoisotopic (exact) mass is 240 g/mol. The molecule has 0 radical (unpaired) electrons. The van der Waals surface area contributed by atoms with Crippen molar-refractivity contribution >= 4 is 0 Å². The molecule has 17 heavy (non-hydrogen) atoms. The number of nitrogens with two attached hydrogens (primary N) is 1. The number of rotatable bonds is 3. The lowest BCUT2D eigenvalue weighted by atomic mass is 10.1. The van der Waals surface area contributed by atoms with Crippen LogP contribution in [0.3, 0.4) is 0 Å². The van der Waals surface area contributed by atoms with Gasteiger partial charge in [0, 0.05) is 24.2 Å². The summed E-state index contributed by atoms with van der Waals surface area (Å²) in [4.78, 5) is 2.20. The maximum Gasteiger partial charge on any atom is 0.130 e. The van der Waals surface area contributed by atoms with E-state index in [1.807, 2.05) is 6.92 Å². The second-order valence-corrected chi connectivity index (χ2v) is 4.73. The van der Waals surface area contributed by atoms with Gasteiger partial charge >= 0.3 is 0 Å². The van der Waals surface area contributed by atoms with Crippen LogP contribution in [-0.4, -0.2) is 24.5 Å². The smallest absolute Gasteiger partial charge is 0.130 e. The van der Waals surface area contributed by atoms with E-state index in [1.165, 1.54) is 12.1 Å². The van der Waals surface area contributed by atoms with Crippen LogP contribution in [0.1, 0.15) is 24.9 Å². The lowest BCUT2D eigenvalue weighted by Gasteiger charge is -2.25. The van der Waals surface area contributed by atoms with Crippen LogP contribution in [0, 0.1) is 17.6 Å². The summed E-state index contributed by atoms with van der Waals surface area (Å²) >= 11 is 0. The van der Waals surface area contributed by atoms with Gasteiger partial charge in [0.15, 0.2) is 0 Å². The van der Waals surface area contributed by atoms with Crippen LogP contribution in [0.15, 0.2) is 18.2 Å². The molecule has 1 heterocycles. The lowest BCUT2D eigenvalue weighted by molar-refractivity contribution is 0.248. The molecule has 2 nitrogen and oxygen atoms in total. The molecule has 1 aliphatic heterocycles. The third-order valence-electron chi connectivity index (χ3n) is 3.61. The highest BCUT2D eigenvalue weighted by atomic mass is 19.1. The molecule has 1 aromatic rings. The van der Waals surface area contributed by atoms with Crippen LogP contribution in [0.4, 0.5) is 8.78 Å². The van der Waals surface area contributed by atoms with Crippen molar-refractivity contribution < 1.29 is 8.78 Å². The highest BCUT2D eigenvalue weighted by Crippen LogP contribution is 2.28. The van der Waals surface area contributed by atoms with E-state index in [2.05, 4.69) is 4.90 Å². The summed E-state index contributed by atoms with van der Waals surface area (Å²) in [5.41, 5.74) is 6.19. The van der Waals surface area contributed by atoms with Gasteiger partial charge in [0.05, 0.1) is 0 Å². The van der Waals surface area contributed by atoms with Crippen LogP contribution < -0.4 is 5.73 Å². The first-order chi connectivity index (χ1) is 8.11. The van der Waals surface area contributed by atoms with Gasteiger partial charge in [-0.2, -0.15) is 0 Å². The summed E-state index contributed by atoms with van der Waals surface area (Å²) < 4.78 is 26.5. The number of hydrogen-bond acceptors (Lipinski definition) is 2. The molecular weight excluding hydrogens is 222 g/mol. The van der Waals surface area contributed by atoms with Crippen molar-refractivity contribution in [3.05, 3.63) is 35.4 Å². The SMILES string of the molecule is CC(c1ccc(F)cc1F)N1CCC(CN)C1. The molecule has 0 aromatic heterocycles. The standard InChI is InChI=1S/C13H18F2N2/c1-9(17-5-4-10(7-16)8-17)12-3-2-11(14)6-13(12)15/h2-3,6,9-10H,4-5,7-8,16H2,1H3. The van der Waals surface area contributed by atoms with Gasteiger partial charge in [-0.05, 0) is 38.4 Å². The molecule has 1 aromatic carbocycles. The van der Waals surface area contributed by atoms with Crippen molar-refractivity contribution in [1.29, 1.82) is 0 Å². The second-order valence-electron chi connectivity index (χ2n) is 4.73. The molecular formula is C13H18F2N2. The van der Waals surface area contributed by atoms with Crippen molar-refractivity contribution in [3.8, 4) is 0 Å². The van der Waals surface area contributed by atoms with Crippen molar-refractivity contribution in [3.63, 3.8) is 0 Å². The number of nitrogens with zero attached hydrogens (tertiary/aromatic N) is 1. The lowest BCUT2D eigenvalue weighted by Crippen LogP contribution is -2.26. The third kappa shape index (κ3) is 2.64. The van der Waals surface area contributed by atoms with Crippen LogP contribution >= 0.6 is 0 Å². The molecule has 0 spiro atoms. The van der Waals surface area contributed by atoms with Gasteiger partial charge in [-0.15, -0.1) is 0 Å². The number of likely N-dealkylation sites (tertiary alicyclic amines) is 1. The summed E-state index contributed by atoms with van der Waals surface area (Å²) in [6.45, 7) is 4.46. The largest absolute Gasteiger partial charge is 0.330 e. The van der Waals surface area contributed by atoms with E-state index in [0.29, 0.717) is 18.0 Å². The predicted octanol–water partition coefficient (Wildman–Crippen LogP) is 2.31. The molecule has 0 amide bonds. The average molecular weight is 240 g/mol. The zero-order valence-electron chi connectivity index (χ0n) is 10.00. The Morgan fingerprint density at radius 3 is 2.82 bits per heavy atom. The average Bonchev–Trinajstić information content (AvgIpc) is 2.76. The minimum absolute atomic E-state index is 0.0212. The highest BCUT2D eigenvalue weighted by Gasteiger charge is 2.27. The van der Waals surface area contributed by atoms with Gasteiger partial charge < -0.3 is 5.73 Å². The highest BCUT2D eigenvalue weighted by molar-refractivity contribution is 5.22. The fourth-order valence-corrected chi connectivity index (χ4v) is 2.44. The molecule has 2 atom stereocenters. The fourth-order valence-electron chi connectivity index (χ4n) is 2.44. The molecule has 1 fully saturated rings. The molecule has 2 rings (SSSR count). The quantitative estimate of drug-likeness (QED) is 0.878. The topological polar surface area (TPSA) is 29.3 Å². The van der Waals surface area contributed by atoms with E-state index in [-0.39, 0.29) is 6.04 Å². The fraction of sp³-hybridized carbons (Fsp3) is 0.538. The first kappa shape index (κ1) is 12.5. The Balaban J connectivity index is 2.12. The van der Waals surface area contributed by atoms with Crippen LogP contribution in [0.25, 0.3) is 0 Å². The Kier molecular flexibility index (Phi) is 3.74. The Bertz CT molecular complexity index is 395. The third-order valence-corrected chi connectivity index (χ3v) is 3.61. The Morgan fingerprint density at radius 1 is 1.47 bits per heavy atom. The van der Waals surface area contributed by atoms with Gasteiger partial charge in [-0.3, -0.25) is 4.90 Å². The van der Waals surface area contributed by atoms with E-state index in [0.717, 1.165) is 25.6 Å². The van der Waals surface area contributed by atoms with Crippen LogP contribution in [0.5, 0.6) is 0 Å². The van der Waals surface area contributed by atoms with E-state index in [4.69, 9.17) is 5.73 Å². The van der Waals surface area contributed by atoms with Crippen LogP contribution in [-0.2, 0) is 0 Å². The molecule has 1 aliphatic rings. The first-order valence-electron chi connectivity index (χ1n) is 6.01. The van der Waals surface area contributed by atoms with Gasteiger partial charge in [0.25, 0.3) is 0 Å². The van der Waals surface area contributed by atoms with E-state index in [1.54, 1.807) is 0 Å². The summed E-state index contributed by atoms with van der Waals surface area (Å²) in [6.07, 6.45) is 1.06. The minimum Gasteiger partial charge on any atom is -0.330 e. The Hall–Kier alpha value is -1.00. The maximum atomic E-state index is 13.6. The summed E-state index contributed by atoms with van der Waals surface area (Å²) in [5, 5.41) is 0. The summed E-state index contributed by atoms with van der Waals surface area (Å²) in [7, 11) is 0. The van der Waals surface area contributed by atoms with Gasteiger partial charge in [0.2, 0.25) is 0 Å². The van der Waals surface area contributed by atoms with Gasteiger partial charge in [-0.1, -0.05) is 6.07 Å². The van der Waals surface area contributed by atoms with Crippen molar-refractivity contribution in [2.45, 2.75) is 19.4 Å².